The molecule has 6 nitrogen and oxygen atoms in total. The van der Waals surface area contributed by atoms with Crippen LogP contribution in [0.1, 0.15) is 19.4 Å². The van der Waals surface area contributed by atoms with Gasteiger partial charge in [0, 0.05) is 13.1 Å². The Kier molecular flexibility index (Phi) is 5.78. The van der Waals surface area contributed by atoms with Gasteiger partial charge in [0.05, 0.1) is 18.1 Å². The van der Waals surface area contributed by atoms with Crippen molar-refractivity contribution in [1.29, 1.82) is 0 Å². The molecule has 1 heterocycles. The van der Waals surface area contributed by atoms with E-state index in [4.69, 9.17) is 4.74 Å². The number of amides is 1. The summed E-state index contributed by atoms with van der Waals surface area (Å²) in [4.78, 5) is 14.5. The van der Waals surface area contributed by atoms with Gasteiger partial charge >= 0.3 is 0 Å². The third-order valence-corrected chi connectivity index (χ3v) is 5.52. The average molecular weight is 340 g/mol. The van der Waals surface area contributed by atoms with E-state index in [9.17, 15) is 13.2 Å². The fraction of sp³-hybridized carbons (Fsp3) is 0.562. The predicted octanol–water partition coefficient (Wildman–Crippen LogP) is 1.16. The van der Waals surface area contributed by atoms with E-state index in [-0.39, 0.29) is 16.7 Å². The highest BCUT2D eigenvalue weighted by Crippen LogP contribution is 2.17. The van der Waals surface area contributed by atoms with E-state index in [1.54, 1.807) is 36.1 Å². The Morgan fingerprint density at radius 3 is 2.39 bits per heavy atom. The van der Waals surface area contributed by atoms with Crippen molar-refractivity contribution in [3.05, 3.63) is 29.8 Å². The summed E-state index contributed by atoms with van der Waals surface area (Å²) in [5.41, 5.74) is 0.654. The first-order valence-electron chi connectivity index (χ1n) is 7.77. The number of hydrogen-bond donors (Lipinski definition) is 1. The van der Waals surface area contributed by atoms with Crippen LogP contribution in [0.15, 0.2) is 29.2 Å². The molecule has 1 aliphatic heterocycles. The zero-order chi connectivity index (χ0) is 17.0. The molecule has 2 rings (SSSR count). The molecule has 0 spiro atoms. The topological polar surface area (TPSA) is 75.7 Å². The fourth-order valence-electron chi connectivity index (χ4n) is 2.54. The standard InChI is InChI=1S/C16H24N2O4S/c1-12(2)15(16(19)18-8-10-22-11-9-18)17-23(20,21)14-7-5-4-6-13(14)3/h4-7,12,15,17H,8-11H2,1-3H3. The molecule has 1 N–H and O–H groups in total. The van der Waals surface area contributed by atoms with Gasteiger partial charge in [0.15, 0.2) is 0 Å². The first-order valence-corrected chi connectivity index (χ1v) is 9.26. The van der Waals surface area contributed by atoms with Gasteiger partial charge in [-0.15, -0.1) is 0 Å². The van der Waals surface area contributed by atoms with E-state index in [1.165, 1.54) is 0 Å². The molecule has 0 radical (unpaired) electrons. The van der Waals surface area contributed by atoms with E-state index < -0.39 is 16.1 Å². The molecular formula is C16H24N2O4S. The van der Waals surface area contributed by atoms with E-state index in [0.29, 0.717) is 31.9 Å². The van der Waals surface area contributed by atoms with Crippen molar-refractivity contribution in [3.63, 3.8) is 0 Å². The number of hydrogen-bond acceptors (Lipinski definition) is 4. The Hall–Kier alpha value is -1.44. The summed E-state index contributed by atoms with van der Waals surface area (Å²) in [6.07, 6.45) is 0. The van der Waals surface area contributed by atoms with Gasteiger partial charge in [-0.25, -0.2) is 8.42 Å². The summed E-state index contributed by atoms with van der Waals surface area (Å²) in [6.45, 7) is 7.37. The lowest BCUT2D eigenvalue weighted by Gasteiger charge is -2.32. The lowest BCUT2D eigenvalue weighted by Crippen LogP contribution is -2.53. The van der Waals surface area contributed by atoms with Crippen LogP contribution >= 0.6 is 0 Å². The van der Waals surface area contributed by atoms with Crippen LogP contribution in [0.25, 0.3) is 0 Å². The second-order valence-corrected chi connectivity index (χ2v) is 7.73. The molecule has 1 atom stereocenters. The second-order valence-electron chi connectivity index (χ2n) is 6.05. The smallest absolute Gasteiger partial charge is 0.241 e. The zero-order valence-electron chi connectivity index (χ0n) is 13.8. The Morgan fingerprint density at radius 2 is 1.83 bits per heavy atom. The molecule has 1 aromatic carbocycles. The van der Waals surface area contributed by atoms with E-state index >= 15 is 0 Å². The van der Waals surface area contributed by atoms with Crippen molar-refractivity contribution in [1.82, 2.24) is 9.62 Å². The maximum Gasteiger partial charge on any atom is 0.241 e. The van der Waals surface area contributed by atoms with E-state index in [1.807, 2.05) is 13.8 Å². The number of carbonyl (C=O) groups is 1. The number of nitrogens with zero attached hydrogens (tertiary/aromatic N) is 1. The van der Waals surface area contributed by atoms with Crippen LogP contribution in [0.2, 0.25) is 0 Å². The van der Waals surface area contributed by atoms with E-state index in [2.05, 4.69) is 4.72 Å². The summed E-state index contributed by atoms with van der Waals surface area (Å²) in [5, 5.41) is 0. The Balaban J connectivity index is 2.22. The molecule has 0 aliphatic carbocycles. The van der Waals surface area contributed by atoms with Gasteiger partial charge in [-0.2, -0.15) is 4.72 Å². The summed E-state index contributed by atoms with van der Waals surface area (Å²) in [5.74, 6) is -0.343. The molecule has 1 unspecified atom stereocenters. The van der Waals surface area contributed by atoms with Crippen molar-refractivity contribution in [3.8, 4) is 0 Å². The summed E-state index contributed by atoms with van der Waals surface area (Å²) < 4.78 is 33.1. The van der Waals surface area contributed by atoms with Crippen LogP contribution in [-0.2, 0) is 19.6 Å². The molecule has 1 amide bonds. The number of aryl methyl sites for hydroxylation is 1. The molecule has 0 aromatic heterocycles. The molecule has 128 valence electrons. The minimum atomic E-state index is -3.75. The summed E-state index contributed by atoms with van der Waals surface area (Å²) in [6, 6.07) is 5.97. The van der Waals surface area contributed by atoms with Gasteiger partial charge in [-0.1, -0.05) is 32.0 Å². The highest BCUT2D eigenvalue weighted by Gasteiger charge is 2.32. The fourth-order valence-corrected chi connectivity index (χ4v) is 4.12. The van der Waals surface area contributed by atoms with Gasteiger partial charge < -0.3 is 9.64 Å². The number of morpholine rings is 1. The lowest BCUT2D eigenvalue weighted by atomic mass is 10.0. The third kappa shape index (κ3) is 4.31. The van der Waals surface area contributed by atoms with Crippen molar-refractivity contribution in [2.45, 2.75) is 31.7 Å². The second kappa shape index (κ2) is 7.42. The van der Waals surface area contributed by atoms with Crippen LogP contribution in [0.4, 0.5) is 0 Å². The van der Waals surface area contributed by atoms with Crippen molar-refractivity contribution < 1.29 is 17.9 Å². The van der Waals surface area contributed by atoms with Gasteiger partial charge in [-0.3, -0.25) is 4.79 Å². The maximum absolute atomic E-state index is 12.7. The normalized spacial score (nSPS) is 17.3. The van der Waals surface area contributed by atoms with Crippen LogP contribution in [0.5, 0.6) is 0 Å². The predicted molar refractivity (Wildman–Crippen MR) is 87.5 cm³/mol. The molecule has 1 saturated heterocycles. The maximum atomic E-state index is 12.7. The number of benzene rings is 1. The van der Waals surface area contributed by atoms with E-state index in [0.717, 1.165) is 0 Å². The van der Waals surface area contributed by atoms with Crippen molar-refractivity contribution in [2.24, 2.45) is 5.92 Å². The van der Waals surface area contributed by atoms with Crippen molar-refractivity contribution >= 4 is 15.9 Å². The Labute approximate surface area is 137 Å². The van der Waals surface area contributed by atoms with Gasteiger partial charge in [0.25, 0.3) is 0 Å². The monoisotopic (exact) mass is 340 g/mol. The lowest BCUT2D eigenvalue weighted by molar-refractivity contribution is -0.138. The first-order chi connectivity index (χ1) is 10.8. The molecule has 0 bridgehead atoms. The number of rotatable bonds is 5. The number of nitrogens with one attached hydrogen (secondary N) is 1. The summed E-state index contributed by atoms with van der Waals surface area (Å²) in [7, 11) is -3.75. The largest absolute Gasteiger partial charge is 0.378 e. The average Bonchev–Trinajstić information content (AvgIpc) is 2.53. The van der Waals surface area contributed by atoms with Crippen LogP contribution in [0.3, 0.4) is 0 Å². The molecule has 0 saturated carbocycles. The first kappa shape index (κ1) is 17.9. The highest BCUT2D eigenvalue weighted by molar-refractivity contribution is 7.89. The molecule has 23 heavy (non-hydrogen) atoms. The SMILES string of the molecule is Cc1ccccc1S(=O)(=O)NC(C(=O)N1CCOCC1)C(C)C. The highest BCUT2D eigenvalue weighted by atomic mass is 32.2. The zero-order valence-corrected chi connectivity index (χ0v) is 14.6. The third-order valence-electron chi connectivity index (χ3n) is 3.92. The minimum absolute atomic E-state index is 0.149. The van der Waals surface area contributed by atoms with Crippen molar-refractivity contribution in [2.75, 3.05) is 26.3 Å². The van der Waals surface area contributed by atoms with Gasteiger partial charge in [0.1, 0.15) is 6.04 Å². The van der Waals surface area contributed by atoms with Crippen LogP contribution in [0, 0.1) is 12.8 Å². The van der Waals surface area contributed by atoms with Gasteiger partial charge in [0.2, 0.25) is 15.9 Å². The summed E-state index contributed by atoms with van der Waals surface area (Å²) >= 11 is 0. The van der Waals surface area contributed by atoms with Crippen LogP contribution < -0.4 is 4.72 Å². The number of carbonyl (C=O) groups excluding carboxylic acids is 1. The molecule has 7 heteroatoms. The molecule has 1 fully saturated rings. The number of ether oxygens (including phenoxy) is 1. The Morgan fingerprint density at radius 1 is 1.22 bits per heavy atom. The molecule has 1 aromatic rings. The van der Waals surface area contributed by atoms with Crippen LogP contribution in [-0.4, -0.2) is 51.6 Å². The quantitative estimate of drug-likeness (QED) is 0.873. The van der Waals surface area contributed by atoms with Gasteiger partial charge in [-0.05, 0) is 24.5 Å². The molecular weight excluding hydrogens is 316 g/mol. The number of sulfonamides is 1. The molecule has 1 aliphatic rings. The Bertz CT molecular complexity index is 652. The minimum Gasteiger partial charge on any atom is -0.378 e.